The van der Waals surface area contributed by atoms with Crippen LogP contribution in [0.5, 0.6) is 0 Å². The molecule has 1 aromatic carbocycles. The lowest BCUT2D eigenvalue weighted by atomic mass is 10.1. The third kappa shape index (κ3) is 3.55. The van der Waals surface area contributed by atoms with Crippen molar-refractivity contribution in [2.24, 2.45) is 0 Å². The number of allylic oxidation sites excluding steroid dienone is 3. The van der Waals surface area contributed by atoms with Gasteiger partial charge in [-0.2, -0.15) is 5.26 Å². The first-order valence-corrected chi connectivity index (χ1v) is 5.09. The average Bonchev–Trinajstić information content (AvgIpc) is 2.35. The molecule has 0 aliphatic heterocycles. The van der Waals surface area contributed by atoms with Crippen molar-refractivity contribution in [3.63, 3.8) is 0 Å². The fourth-order valence-corrected chi connectivity index (χ4v) is 1.26. The molecule has 1 aromatic rings. The summed E-state index contributed by atoms with van der Waals surface area (Å²) in [6.07, 6.45) is 4.41. The minimum Gasteiger partial charge on any atom is -0.289 e. The molecule has 0 atom stereocenters. The second kappa shape index (κ2) is 6.36. The van der Waals surface area contributed by atoms with Crippen LogP contribution in [0.4, 0.5) is 0 Å². The molecule has 0 N–H and O–H groups in total. The molecule has 0 aliphatic rings. The Morgan fingerprint density at radius 1 is 1.38 bits per heavy atom. The first-order chi connectivity index (χ1) is 7.77. The molecular formula is C14H13NO. The zero-order chi connectivity index (χ0) is 11.8. The highest BCUT2D eigenvalue weighted by molar-refractivity contribution is 6.05. The van der Waals surface area contributed by atoms with Crippen LogP contribution in [0.3, 0.4) is 0 Å². The standard InChI is InChI=1S/C14H13NO/c1-2-3-7-12(11-15)10-14(16)13-8-5-4-6-9-13/h2,4-6,8-10H,1,3,7H2/b12-10-. The molecule has 0 aliphatic carbocycles. The highest BCUT2D eigenvalue weighted by atomic mass is 16.1. The van der Waals surface area contributed by atoms with Crippen LogP contribution in [-0.4, -0.2) is 5.78 Å². The van der Waals surface area contributed by atoms with E-state index in [-0.39, 0.29) is 5.78 Å². The third-order valence-electron chi connectivity index (χ3n) is 2.13. The van der Waals surface area contributed by atoms with Gasteiger partial charge in [-0.25, -0.2) is 0 Å². The van der Waals surface area contributed by atoms with Gasteiger partial charge in [0.15, 0.2) is 5.78 Å². The van der Waals surface area contributed by atoms with E-state index in [0.717, 1.165) is 0 Å². The summed E-state index contributed by atoms with van der Waals surface area (Å²) in [5.74, 6) is -0.124. The quantitative estimate of drug-likeness (QED) is 0.324. The molecule has 16 heavy (non-hydrogen) atoms. The van der Waals surface area contributed by atoms with E-state index in [1.807, 2.05) is 12.1 Å². The van der Waals surface area contributed by atoms with Crippen LogP contribution in [0.1, 0.15) is 23.2 Å². The summed E-state index contributed by atoms with van der Waals surface area (Å²) in [6, 6.07) is 11.0. The van der Waals surface area contributed by atoms with Gasteiger partial charge in [0.25, 0.3) is 0 Å². The van der Waals surface area contributed by atoms with E-state index < -0.39 is 0 Å². The summed E-state index contributed by atoms with van der Waals surface area (Å²) in [4.78, 5) is 11.7. The number of carbonyl (C=O) groups excluding carboxylic acids is 1. The first kappa shape index (κ1) is 11.9. The topological polar surface area (TPSA) is 40.9 Å². The van der Waals surface area contributed by atoms with Crippen LogP contribution in [-0.2, 0) is 0 Å². The van der Waals surface area contributed by atoms with Gasteiger partial charge >= 0.3 is 0 Å². The molecule has 0 spiro atoms. The lowest BCUT2D eigenvalue weighted by molar-refractivity contribution is 0.104. The lowest BCUT2D eigenvalue weighted by Crippen LogP contribution is -1.95. The number of ketones is 1. The number of hydrogen-bond acceptors (Lipinski definition) is 2. The predicted molar refractivity (Wildman–Crippen MR) is 63.9 cm³/mol. The number of carbonyl (C=O) groups is 1. The largest absolute Gasteiger partial charge is 0.289 e. The fraction of sp³-hybridized carbons (Fsp3) is 0.143. The zero-order valence-electron chi connectivity index (χ0n) is 9.02. The van der Waals surface area contributed by atoms with Gasteiger partial charge < -0.3 is 0 Å². The van der Waals surface area contributed by atoms with Gasteiger partial charge in [0.05, 0.1) is 6.07 Å². The van der Waals surface area contributed by atoms with Crippen molar-refractivity contribution >= 4 is 5.78 Å². The molecule has 1 rings (SSSR count). The van der Waals surface area contributed by atoms with Crippen molar-refractivity contribution in [2.75, 3.05) is 0 Å². The molecule has 0 heterocycles. The van der Waals surface area contributed by atoms with E-state index in [9.17, 15) is 4.79 Å². The Balaban J connectivity index is 2.79. The van der Waals surface area contributed by atoms with Crippen LogP contribution in [0, 0.1) is 11.3 Å². The molecule has 0 amide bonds. The Morgan fingerprint density at radius 3 is 2.62 bits per heavy atom. The monoisotopic (exact) mass is 211 g/mol. The van der Waals surface area contributed by atoms with E-state index in [0.29, 0.717) is 24.0 Å². The molecule has 0 bridgehead atoms. The van der Waals surface area contributed by atoms with E-state index in [2.05, 4.69) is 6.58 Å². The minimum atomic E-state index is -0.124. The fourth-order valence-electron chi connectivity index (χ4n) is 1.26. The van der Waals surface area contributed by atoms with Gasteiger partial charge in [-0.1, -0.05) is 36.4 Å². The van der Waals surface area contributed by atoms with Crippen molar-refractivity contribution in [2.45, 2.75) is 12.8 Å². The molecule has 80 valence electrons. The van der Waals surface area contributed by atoms with Gasteiger partial charge in [0, 0.05) is 11.1 Å². The van der Waals surface area contributed by atoms with Crippen LogP contribution in [0.2, 0.25) is 0 Å². The maximum Gasteiger partial charge on any atom is 0.186 e. The summed E-state index contributed by atoms with van der Waals surface area (Å²) in [5, 5.41) is 8.84. The molecule has 0 saturated heterocycles. The number of nitriles is 1. The Kier molecular flexibility index (Phi) is 4.75. The van der Waals surface area contributed by atoms with Gasteiger partial charge in [-0.15, -0.1) is 6.58 Å². The van der Waals surface area contributed by atoms with Gasteiger partial charge in [0.2, 0.25) is 0 Å². The van der Waals surface area contributed by atoms with Crippen molar-refractivity contribution in [1.29, 1.82) is 5.26 Å². The highest BCUT2D eigenvalue weighted by Gasteiger charge is 2.03. The summed E-state index contributed by atoms with van der Waals surface area (Å²) in [6.45, 7) is 3.58. The molecule has 2 heteroatoms. The second-order valence-corrected chi connectivity index (χ2v) is 3.34. The molecule has 2 nitrogen and oxygen atoms in total. The summed E-state index contributed by atoms with van der Waals surface area (Å²) >= 11 is 0. The smallest absolute Gasteiger partial charge is 0.186 e. The molecule has 0 fully saturated rings. The Labute approximate surface area is 95.5 Å². The van der Waals surface area contributed by atoms with E-state index in [1.165, 1.54) is 6.08 Å². The number of hydrogen-bond donors (Lipinski definition) is 0. The summed E-state index contributed by atoms with van der Waals surface area (Å²) < 4.78 is 0. The van der Waals surface area contributed by atoms with E-state index in [1.54, 1.807) is 30.3 Å². The summed E-state index contributed by atoms with van der Waals surface area (Å²) in [5.41, 5.74) is 1.10. The number of nitrogens with zero attached hydrogens (tertiary/aromatic N) is 1. The van der Waals surface area contributed by atoms with Gasteiger partial charge in [-0.3, -0.25) is 4.79 Å². The maximum atomic E-state index is 11.7. The second-order valence-electron chi connectivity index (χ2n) is 3.34. The Morgan fingerprint density at radius 2 is 2.06 bits per heavy atom. The molecule has 0 unspecified atom stereocenters. The molecular weight excluding hydrogens is 198 g/mol. The molecule has 0 radical (unpaired) electrons. The Hall–Kier alpha value is -2.14. The Bertz CT molecular complexity index is 438. The average molecular weight is 211 g/mol. The normalized spacial score (nSPS) is 10.6. The number of benzene rings is 1. The predicted octanol–water partition coefficient (Wildman–Crippen LogP) is 3.29. The number of rotatable bonds is 5. The highest BCUT2D eigenvalue weighted by Crippen LogP contribution is 2.08. The van der Waals surface area contributed by atoms with Crippen molar-refractivity contribution in [3.05, 3.63) is 60.2 Å². The van der Waals surface area contributed by atoms with E-state index in [4.69, 9.17) is 5.26 Å². The SMILES string of the molecule is C=CCC/C(C#N)=C/C(=O)c1ccccc1. The minimum absolute atomic E-state index is 0.124. The van der Waals surface area contributed by atoms with Crippen LogP contribution in [0.15, 0.2) is 54.6 Å². The molecule has 0 aromatic heterocycles. The van der Waals surface area contributed by atoms with Crippen molar-refractivity contribution < 1.29 is 4.79 Å². The lowest BCUT2D eigenvalue weighted by Gasteiger charge is -1.96. The van der Waals surface area contributed by atoms with Gasteiger partial charge in [-0.05, 0) is 18.9 Å². The van der Waals surface area contributed by atoms with Crippen LogP contribution < -0.4 is 0 Å². The van der Waals surface area contributed by atoms with Crippen LogP contribution >= 0.6 is 0 Å². The van der Waals surface area contributed by atoms with E-state index >= 15 is 0 Å². The van der Waals surface area contributed by atoms with Gasteiger partial charge in [0.1, 0.15) is 0 Å². The summed E-state index contributed by atoms with van der Waals surface area (Å²) in [7, 11) is 0. The zero-order valence-corrected chi connectivity index (χ0v) is 9.02. The van der Waals surface area contributed by atoms with Crippen molar-refractivity contribution in [1.82, 2.24) is 0 Å². The van der Waals surface area contributed by atoms with Crippen LogP contribution in [0.25, 0.3) is 0 Å². The molecule has 0 saturated carbocycles. The first-order valence-electron chi connectivity index (χ1n) is 5.09. The maximum absolute atomic E-state index is 11.7. The third-order valence-corrected chi connectivity index (χ3v) is 2.13. The van der Waals surface area contributed by atoms with Crippen molar-refractivity contribution in [3.8, 4) is 6.07 Å².